The molecule has 0 radical (unpaired) electrons. The van der Waals surface area contributed by atoms with Crippen LogP contribution in [-0.4, -0.2) is 71.7 Å². The predicted octanol–water partition coefficient (Wildman–Crippen LogP) is 2.09. The minimum atomic E-state index is -0.351. The van der Waals surface area contributed by atoms with Crippen molar-refractivity contribution in [2.24, 2.45) is 0 Å². The summed E-state index contributed by atoms with van der Waals surface area (Å²) < 4.78 is 3.06. The number of nitrogens with zero attached hydrogens (tertiary/aromatic N) is 6. The van der Waals surface area contributed by atoms with E-state index in [1.807, 2.05) is 0 Å². The number of fused-ring (bicyclic) bond motifs is 6. The van der Waals surface area contributed by atoms with Gasteiger partial charge in [0.15, 0.2) is 0 Å². The Hall–Kier alpha value is -2.01. The molecule has 7 heteroatoms. The molecule has 4 aliphatic rings. The third-order valence-electron chi connectivity index (χ3n) is 6.28. The van der Waals surface area contributed by atoms with Gasteiger partial charge in [-0.25, -0.2) is 0 Å². The summed E-state index contributed by atoms with van der Waals surface area (Å²) in [4.78, 5) is 15.4. The van der Waals surface area contributed by atoms with Crippen molar-refractivity contribution in [2.45, 2.75) is 6.42 Å². The van der Waals surface area contributed by atoms with Gasteiger partial charge in [0.05, 0.1) is 0 Å². The van der Waals surface area contributed by atoms with Gasteiger partial charge in [-0.2, -0.15) is 0 Å². The van der Waals surface area contributed by atoms with Crippen molar-refractivity contribution < 1.29 is 17.6 Å². The molecule has 0 saturated carbocycles. The fraction of sp³-hybridized carbons (Fsp3) is 0.391. The number of benzene rings is 2. The molecule has 4 aliphatic heterocycles. The Morgan fingerprint density at radius 3 is 1.40 bits per heavy atom. The molecular formula is C23H28N6Pt. The molecule has 0 atom stereocenters. The zero-order valence-corrected chi connectivity index (χ0v) is 19.8. The molecule has 30 heavy (non-hydrogen) atoms. The first-order chi connectivity index (χ1) is 14.7. The van der Waals surface area contributed by atoms with Gasteiger partial charge in [-0.05, 0) is 0 Å². The molecule has 0 saturated heterocycles. The van der Waals surface area contributed by atoms with Crippen LogP contribution in [0.4, 0.5) is 22.7 Å². The van der Waals surface area contributed by atoms with E-state index in [9.17, 15) is 0 Å². The molecule has 0 N–H and O–H groups in total. The maximum absolute atomic E-state index is 2.61. The monoisotopic (exact) mass is 583 g/mol. The third kappa shape index (κ3) is 2.89. The molecule has 6 rings (SSSR count). The molecule has 0 unspecified atom stereocenters. The summed E-state index contributed by atoms with van der Waals surface area (Å²) in [6.07, 6.45) is 1.19. The number of para-hydroxylation sites is 4. The molecule has 160 valence electrons. The van der Waals surface area contributed by atoms with Gasteiger partial charge in [-0.1, -0.05) is 0 Å². The molecule has 0 aromatic heterocycles. The van der Waals surface area contributed by atoms with Crippen LogP contribution in [0, 0.1) is 0 Å². The summed E-state index contributed by atoms with van der Waals surface area (Å²) in [6.45, 7) is 6.24. The van der Waals surface area contributed by atoms with Crippen molar-refractivity contribution in [3.8, 4) is 0 Å². The SMILES string of the molecule is CN1CCCN(C)CN2[C]3=[Pt]=[C]4N(CCN3c3ccccc32)c2ccccc2N4C1. The first kappa shape index (κ1) is 18.7. The van der Waals surface area contributed by atoms with Crippen LogP contribution in [0.15, 0.2) is 48.5 Å². The average Bonchev–Trinajstić information content (AvgIpc) is 3.10. The molecule has 2 bridgehead atoms. The van der Waals surface area contributed by atoms with Crippen LogP contribution in [-0.2, 0) is 17.6 Å². The van der Waals surface area contributed by atoms with Gasteiger partial charge in [0.2, 0.25) is 0 Å². The van der Waals surface area contributed by atoms with Crippen LogP contribution in [0.2, 0.25) is 0 Å². The number of hydrogen-bond donors (Lipinski definition) is 0. The summed E-state index contributed by atoms with van der Waals surface area (Å²) in [5.74, 6) is 0. The number of rotatable bonds is 0. The van der Waals surface area contributed by atoms with Crippen molar-refractivity contribution in [1.29, 1.82) is 0 Å². The van der Waals surface area contributed by atoms with Crippen LogP contribution in [0.25, 0.3) is 0 Å². The molecule has 6 nitrogen and oxygen atoms in total. The van der Waals surface area contributed by atoms with Crippen molar-refractivity contribution in [2.75, 3.05) is 73.2 Å². The van der Waals surface area contributed by atoms with E-state index in [4.69, 9.17) is 0 Å². The Morgan fingerprint density at radius 2 is 0.967 bits per heavy atom. The Balaban J connectivity index is 1.57. The molecular weight excluding hydrogens is 555 g/mol. The molecule has 0 amide bonds. The minimum absolute atomic E-state index is 0.351. The van der Waals surface area contributed by atoms with Gasteiger partial charge >= 0.3 is 187 Å². The van der Waals surface area contributed by atoms with Gasteiger partial charge in [-0.3, -0.25) is 0 Å². The Kier molecular flexibility index (Phi) is 4.55. The molecule has 2 aromatic carbocycles. The average molecular weight is 584 g/mol. The van der Waals surface area contributed by atoms with Gasteiger partial charge in [0.25, 0.3) is 0 Å². The van der Waals surface area contributed by atoms with Crippen molar-refractivity contribution in [3.63, 3.8) is 0 Å². The van der Waals surface area contributed by atoms with E-state index >= 15 is 0 Å². The van der Waals surface area contributed by atoms with Crippen LogP contribution >= 0.6 is 0 Å². The molecule has 0 fully saturated rings. The number of anilines is 4. The van der Waals surface area contributed by atoms with Crippen LogP contribution in [0.1, 0.15) is 6.42 Å². The summed E-state index contributed by atoms with van der Waals surface area (Å²) in [5, 5.41) is 0. The van der Waals surface area contributed by atoms with Gasteiger partial charge < -0.3 is 0 Å². The van der Waals surface area contributed by atoms with Crippen molar-refractivity contribution in [3.05, 3.63) is 48.5 Å². The normalized spacial score (nSPS) is 22.2. The summed E-state index contributed by atoms with van der Waals surface area (Å²) in [7, 11) is 4.54. The van der Waals surface area contributed by atoms with Gasteiger partial charge in [0.1, 0.15) is 0 Å². The van der Waals surface area contributed by atoms with E-state index < -0.39 is 0 Å². The number of hydrogen-bond acceptors (Lipinski definition) is 6. The zero-order chi connectivity index (χ0) is 20.2. The first-order valence-corrected chi connectivity index (χ1v) is 13.0. The second-order valence-electron chi connectivity index (χ2n) is 8.49. The van der Waals surface area contributed by atoms with E-state index in [-0.39, 0.29) is 17.6 Å². The van der Waals surface area contributed by atoms with E-state index in [0.29, 0.717) is 0 Å². The van der Waals surface area contributed by atoms with E-state index in [1.165, 1.54) is 37.5 Å². The quantitative estimate of drug-likeness (QED) is 0.470. The van der Waals surface area contributed by atoms with E-state index in [2.05, 4.69) is 92.0 Å². The van der Waals surface area contributed by atoms with Crippen LogP contribution in [0.3, 0.4) is 0 Å². The predicted molar refractivity (Wildman–Crippen MR) is 122 cm³/mol. The standard InChI is InChI=1S/C23H28N6.Pt/c1-24-12-7-13-25(2)17-29-19-27(21-9-4-6-11-23(21)29)15-14-26-18-28(16-24)22-10-5-3-8-20(22)26;/h3-6,8-11H,7,12-17H2,1-2H3;. The van der Waals surface area contributed by atoms with E-state index in [1.54, 1.807) is 0 Å². The second kappa shape index (κ2) is 7.29. The molecule has 0 aliphatic carbocycles. The topological polar surface area (TPSA) is 19.4 Å². The van der Waals surface area contributed by atoms with Crippen molar-refractivity contribution >= 4 is 31.0 Å². The molecule has 0 spiro atoms. The Labute approximate surface area is 186 Å². The maximum atomic E-state index is 2.61. The first-order valence-electron chi connectivity index (χ1n) is 10.7. The Morgan fingerprint density at radius 1 is 0.567 bits per heavy atom. The van der Waals surface area contributed by atoms with Gasteiger partial charge in [-0.15, -0.1) is 0 Å². The zero-order valence-electron chi connectivity index (χ0n) is 17.6. The fourth-order valence-electron chi connectivity index (χ4n) is 4.84. The van der Waals surface area contributed by atoms with Crippen LogP contribution < -0.4 is 19.6 Å². The van der Waals surface area contributed by atoms with Crippen molar-refractivity contribution in [1.82, 2.24) is 9.80 Å². The van der Waals surface area contributed by atoms with Crippen LogP contribution in [0.5, 0.6) is 0 Å². The summed E-state index contributed by atoms with van der Waals surface area (Å²) in [6, 6.07) is 18.0. The van der Waals surface area contributed by atoms with E-state index in [0.717, 1.165) is 39.5 Å². The molecule has 2 aromatic rings. The Bertz CT molecular complexity index is 982. The van der Waals surface area contributed by atoms with Gasteiger partial charge in [0, 0.05) is 0 Å². The summed E-state index contributed by atoms with van der Waals surface area (Å²) in [5.41, 5.74) is 5.53. The third-order valence-corrected chi connectivity index (χ3v) is 9.75. The second-order valence-corrected chi connectivity index (χ2v) is 11.1. The molecule has 4 heterocycles. The fourth-order valence-corrected chi connectivity index (χ4v) is 8.45. The summed E-state index contributed by atoms with van der Waals surface area (Å²) >= 11 is -0.351.